The van der Waals surface area contributed by atoms with Gasteiger partial charge in [0.1, 0.15) is 0 Å². The first-order valence-corrected chi connectivity index (χ1v) is 19.4. The molecule has 278 valence electrons. The molecule has 0 rings (SSSR count). The van der Waals surface area contributed by atoms with Gasteiger partial charge < -0.3 is 9.47 Å². The molecule has 0 aliphatic rings. The second-order valence-electron chi connectivity index (χ2n) is 16.1. The zero-order chi connectivity index (χ0) is 36.5. The van der Waals surface area contributed by atoms with Gasteiger partial charge in [0.25, 0.3) is 0 Å². The van der Waals surface area contributed by atoms with Crippen molar-refractivity contribution in [1.82, 2.24) is 0 Å². The van der Waals surface area contributed by atoms with Gasteiger partial charge in [-0.1, -0.05) is 156 Å². The Kier molecular flexibility index (Phi) is 26.3. The summed E-state index contributed by atoms with van der Waals surface area (Å²) in [7, 11) is 0. The lowest BCUT2D eigenvalue weighted by atomic mass is 9.91. The van der Waals surface area contributed by atoms with Crippen LogP contribution in [-0.4, -0.2) is 23.9 Å². The molecule has 0 saturated heterocycles. The van der Waals surface area contributed by atoms with Crippen LogP contribution in [-0.2, 0) is 28.7 Å². The lowest BCUT2D eigenvalue weighted by Crippen LogP contribution is -2.24. The van der Waals surface area contributed by atoms with Crippen LogP contribution < -0.4 is 0 Å². The average molecular weight is 675 g/mol. The standard InChI is InChI=1S/C42H74O6/c1-31(2)17-11-19-33(5)21-13-23-35(7)25-15-27-37(9)29-39(43)47-41(45)42(46)48-40(44)30-38(10)28-16-26-36(8)24-14-22-34(6)20-12-18-32(3)4/h29-36H,11-28H2,1-10H3/b37-29+,38-30+/t33-,34-,35-,36-/m1/s1. The van der Waals surface area contributed by atoms with Crippen LogP contribution >= 0.6 is 0 Å². The van der Waals surface area contributed by atoms with Crippen LogP contribution in [0, 0.1) is 35.5 Å². The van der Waals surface area contributed by atoms with Crippen LogP contribution in [0.25, 0.3) is 0 Å². The summed E-state index contributed by atoms with van der Waals surface area (Å²) in [6.07, 6.45) is 23.3. The van der Waals surface area contributed by atoms with Crippen molar-refractivity contribution < 1.29 is 28.7 Å². The highest BCUT2D eigenvalue weighted by molar-refractivity contribution is 6.33. The Morgan fingerprint density at radius 3 is 0.938 bits per heavy atom. The molecule has 0 unspecified atom stereocenters. The monoisotopic (exact) mass is 675 g/mol. The third-order valence-electron chi connectivity index (χ3n) is 9.56. The summed E-state index contributed by atoms with van der Waals surface area (Å²) in [6, 6.07) is 0. The molecule has 6 heteroatoms. The molecule has 0 amide bonds. The van der Waals surface area contributed by atoms with E-state index in [9.17, 15) is 19.2 Å². The predicted octanol–water partition coefficient (Wildman–Crippen LogP) is 11.9. The van der Waals surface area contributed by atoms with Crippen LogP contribution in [0.4, 0.5) is 0 Å². The third kappa shape index (κ3) is 27.7. The van der Waals surface area contributed by atoms with E-state index in [-0.39, 0.29) is 0 Å². The quantitative estimate of drug-likeness (QED) is 0.0393. The first-order chi connectivity index (χ1) is 22.6. The summed E-state index contributed by atoms with van der Waals surface area (Å²) in [6.45, 7) is 22.0. The molecule has 0 heterocycles. The summed E-state index contributed by atoms with van der Waals surface area (Å²) in [4.78, 5) is 48.4. The lowest BCUT2D eigenvalue weighted by Gasteiger charge is -2.15. The zero-order valence-electron chi connectivity index (χ0n) is 32.8. The molecule has 0 fully saturated rings. The maximum atomic E-state index is 12.2. The normalized spacial score (nSPS) is 14.9. The van der Waals surface area contributed by atoms with Crippen LogP contribution in [0.2, 0.25) is 0 Å². The molecule has 0 aromatic heterocycles. The van der Waals surface area contributed by atoms with E-state index in [2.05, 4.69) is 64.9 Å². The van der Waals surface area contributed by atoms with E-state index in [0.717, 1.165) is 60.5 Å². The summed E-state index contributed by atoms with van der Waals surface area (Å²) in [5, 5.41) is 0. The van der Waals surface area contributed by atoms with Gasteiger partial charge in [0.05, 0.1) is 0 Å². The van der Waals surface area contributed by atoms with Gasteiger partial charge in [-0.2, -0.15) is 0 Å². The van der Waals surface area contributed by atoms with E-state index in [1.54, 1.807) is 0 Å². The van der Waals surface area contributed by atoms with E-state index in [1.807, 2.05) is 13.8 Å². The fraction of sp³-hybridized carbons (Fsp3) is 0.810. The Morgan fingerprint density at radius 2 is 0.667 bits per heavy atom. The molecule has 0 N–H and O–H groups in total. The Labute approximate surface area is 295 Å². The maximum Gasteiger partial charge on any atom is 0.425 e. The number of carbonyl (C=O) groups excluding carboxylic acids is 4. The van der Waals surface area contributed by atoms with Crippen LogP contribution in [0.3, 0.4) is 0 Å². The minimum absolute atomic E-state index is 0.621. The average Bonchev–Trinajstić information content (AvgIpc) is 2.96. The molecule has 0 bridgehead atoms. The van der Waals surface area contributed by atoms with Crippen molar-refractivity contribution in [2.24, 2.45) is 35.5 Å². The van der Waals surface area contributed by atoms with Crippen LogP contribution in [0.1, 0.15) is 185 Å². The Bertz CT molecular complexity index is 897. The molecule has 48 heavy (non-hydrogen) atoms. The minimum atomic E-state index is -1.49. The highest BCUT2D eigenvalue weighted by Gasteiger charge is 2.23. The van der Waals surface area contributed by atoms with E-state index < -0.39 is 23.9 Å². The molecule has 0 aliphatic heterocycles. The van der Waals surface area contributed by atoms with Crippen LogP contribution in [0.5, 0.6) is 0 Å². The van der Waals surface area contributed by atoms with E-state index >= 15 is 0 Å². The molecule has 6 nitrogen and oxygen atoms in total. The van der Waals surface area contributed by atoms with Crippen molar-refractivity contribution >= 4 is 23.9 Å². The molecule has 0 aromatic carbocycles. The van der Waals surface area contributed by atoms with E-state index in [4.69, 9.17) is 0 Å². The number of ether oxygens (including phenoxy) is 2. The highest BCUT2D eigenvalue weighted by Crippen LogP contribution is 2.23. The van der Waals surface area contributed by atoms with Gasteiger partial charge in [0.2, 0.25) is 0 Å². The Balaban J connectivity index is 4.24. The molecule has 0 radical (unpaired) electrons. The Hall–Kier alpha value is -2.24. The van der Waals surface area contributed by atoms with Crippen molar-refractivity contribution in [1.29, 1.82) is 0 Å². The molecule has 0 saturated carbocycles. The van der Waals surface area contributed by atoms with Gasteiger partial charge >= 0.3 is 23.9 Å². The molecular weight excluding hydrogens is 600 g/mol. The second-order valence-corrected chi connectivity index (χ2v) is 16.1. The van der Waals surface area contributed by atoms with Gasteiger partial charge in [0.15, 0.2) is 0 Å². The zero-order valence-corrected chi connectivity index (χ0v) is 32.8. The van der Waals surface area contributed by atoms with Gasteiger partial charge in [0, 0.05) is 12.2 Å². The van der Waals surface area contributed by atoms with E-state index in [1.165, 1.54) is 89.2 Å². The number of allylic oxidation sites excluding steroid dienone is 2. The fourth-order valence-corrected chi connectivity index (χ4v) is 6.29. The predicted molar refractivity (Wildman–Crippen MR) is 199 cm³/mol. The third-order valence-corrected chi connectivity index (χ3v) is 9.56. The smallest absolute Gasteiger partial charge is 0.381 e. The first kappa shape index (κ1) is 45.8. The summed E-state index contributed by atoms with van der Waals surface area (Å²) >= 11 is 0. The number of hydrogen-bond acceptors (Lipinski definition) is 6. The molecule has 4 atom stereocenters. The topological polar surface area (TPSA) is 86.7 Å². The number of carbonyl (C=O) groups is 4. The highest BCUT2D eigenvalue weighted by atomic mass is 16.6. The molecule has 0 spiro atoms. The largest absolute Gasteiger partial charge is 0.425 e. The molecular formula is C42H74O6. The number of esters is 4. The first-order valence-electron chi connectivity index (χ1n) is 19.4. The van der Waals surface area contributed by atoms with Crippen molar-refractivity contribution in [3.8, 4) is 0 Å². The van der Waals surface area contributed by atoms with E-state index in [0.29, 0.717) is 24.7 Å². The Morgan fingerprint density at radius 1 is 0.417 bits per heavy atom. The minimum Gasteiger partial charge on any atom is -0.381 e. The summed E-state index contributed by atoms with van der Waals surface area (Å²) < 4.78 is 9.19. The van der Waals surface area contributed by atoms with Crippen molar-refractivity contribution in [2.75, 3.05) is 0 Å². The SMILES string of the molecule is C/C(=C\C(=O)OC(=O)C(=O)OC(=O)/C=C(\C)CCC[C@H](C)CCC[C@H](C)CCCC(C)C)CCC[C@H](C)CCC[C@H](C)CCCC(C)C. The maximum absolute atomic E-state index is 12.2. The number of hydrogen-bond donors (Lipinski definition) is 0. The fourth-order valence-electron chi connectivity index (χ4n) is 6.29. The van der Waals surface area contributed by atoms with Gasteiger partial charge in [-0.05, 0) is 75.0 Å². The van der Waals surface area contributed by atoms with Crippen molar-refractivity contribution in [3.05, 3.63) is 23.3 Å². The van der Waals surface area contributed by atoms with Crippen LogP contribution in [0.15, 0.2) is 23.3 Å². The molecule has 0 aromatic rings. The summed E-state index contributed by atoms with van der Waals surface area (Å²) in [5.41, 5.74) is 1.56. The van der Waals surface area contributed by atoms with Gasteiger partial charge in [-0.25, -0.2) is 19.2 Å². The van der Waals surface area contributed by atoms with Crippen molar-refractivity contribution in [3.63, 3.8) is 0 Å². The van der Waals surface area contributed by atoms with Crippen molar-refractivity contribution in [2.45, 2.75) is 185 Å². The number of rotatable bonds is 26. The van der Waals surface area contributed by atoms with Gasteiger partial charge in [-0.3, -0.25) is 0 Å². The molecule has 0 aliphatic carbocycles. The van der Waals surface area contributed by atoms with Gasteiger partial charge in [-0.15, -0.1) is 0 Å². The second kappa shape index (κ2) is 27.6. The summed E-state index contributed by atoms with van der Waals surface area (Å²) in [5.74, 6) is -0.448. The lowest BCUT2D eigenvalue weighted by molar-refractivity contribution is -0.174.